The number of amides is 1. The molecular weight excluding hydrogens is 596 g/mol. The number of halogens is 1. The fourth-order valence-electron chi connectivity index (χ4n) is 4.26. The van der Waals surface area contributed by atoms with Crippen LogP contribution in [0.1, 0.15) is 5.56 Å². The minimum atomic E-state index is -0.248. The van der Waals surface area contributed by atoms with Crippen molar-refractivity contribution in [1.82, 2.24) is 15.2 Å². The zero-order valence-electron chi connectivity index (χ0n) is 24.7. The summed E-state index contributed by atoms with van der Waals surface area (Å²) in [6.45, 7) is 1.84. The Bertz CT molecular complexity index is 1590. The van der Waals surface area contributed by atoms with Crippen molar-refractivity contribution in [2.45, 2.75) is 12.1 Å². The van der Waals surface area contributed by atoms with Crippen LogP contribution in [-0.2, 0) is 4.79 Å². The molecule has 4 aromatic rings. The van der Waals surface area contributed by atoms with Crippen LogP contribution in [0.4, 0.5) is 5.69 Å². The van der Waals surface area contributed by atoms with E-state index in [-0.39, 0.29) is 16.8 Å². The summed E-state index contributed by atoms with van der Waals surface area (Å²) in [5.41, 5.74) is 3.47. The van der Waals surface area contributed by atoms with E-state index in [9.17, 15) is 4.79 Å². The number of nitrogens with zero attached hydrogens (tertiary/aromatic N) is 3. The highest BCUT2D eigenvalue weighted by atomic mass is 35.5. The number of aromatic nitrogens is 3. The van der Waals surface area contributed by atoms with Gasteiger partial charge in [-0.2, -0.15) is 0 Å². The van der Waals surface area contributed by atoms with Gasteiger partial charge in [-0.15, -0.1) is 10.2 Å². The smallest absolute Gasteiger partial charge is 0.234 e. The molecule has 0 fully saturated rings. The number of ether oxygens (including phenoxy) is 6. The van der Waals surface area contributed by atoms with Gasteiger partial charge in [-0.05, 0) is 48.9 Å². The van der Waals surface area contributed by atoms with Crippen molar-refractivity contribution in [1.29, 1.82) is 0 Å². The maximum atomic E-state index is 12.8. The molecule has 43 heavy (non-hydrogen) atoms. The van der Waals surface area contributed by atoms with Crippen LogP contribution in [0.2, 0.25) is 5.02 Å². The second-order valence-corrected chi connectivity index (χ2v) is 10.2. The molecule has 0 spiro atoms. The third-order valence-corrected chi connectivity index (χ3v) is 7.66. The van der Waals surface area contributed by atoms with Gasteiger partial charge in [0.05, 0.1) is 48.4 Å². The van der Waals surface area contributed by atoms with E-state index in [1.807, 2.05) is 6.92 Å². The summed E-state index contributed by atoms with van der Waals surface area (Å²) in [5.74, 6) is 2.36. The average Bonchev–Trinajstić information content (AvgIpc) is 3.04. The topological polar surface area (TPSA) is 123 Å². The second kappa shape index (κ2) is 14.2. The van der Waals surface area contributed by atoms with Gasteiger partial charge in [0.15, 0.2) is 23.0 Å². The lowest BCUT2D eigenvalue weighted by atomic mass is 10.0. The predicted molar refractivity (Wildman–Crippen MR) is 166 cm³/mol. The molecule has 13 heteroatoms. The summed E-state index contributed by atoms with van der Waals surface area (Å²) in [7, 11) is 9.17. The first-order valence-electron chi connectivity index (χ1n) is 12.8. The molecule has 0 saturated carbocycles. The summed E-state index contributed by atoms with van der Waals surface area (Å²) < 4.78 is 33.3. The Morgan fingerprint density at radius 3 is 1.77 bits per heavy atom. The van der Waals surface area contributed by atoms with Crippen molar-refractivity contribution in [3.8, 4) is 57.0 Å². The highest BCUT2D eigenvalue weighted by molar-refractivity contribution is 7.99. The number of carbonyl (C=O) groups is 1. The van der Waals surface area contributed by atoms with Gasteiger partial charge in [0, 0.05) is 21.8 Å². The Hall–Kier alpha value is -4.42. The molecule has 0 atom stereocenters. The van der Waals surface area contributed by atoms with E-state index in [2.05, 4.69) is 15.5 Å². The number of hydrogen-bond donors (Lipinski definition) is 1. The van der Waals surface area contributed by atoms with Crippen molar-refractivity contribution in [3.05, 3.63) is 53.1 Å². The first kappa shape index (κ1) is 31.5. The van der Waals surface area contributed by atoms with Gasteiger partial charge in [-0.1, -0.05) is 29.4 Å². The number of thioether (sulfide) groups is 1. The molecule has 0 aliphatic heterocycles. The van der Waals surface area contributed by atoms with Crippen LogP contribution >= 0.6 is 23.4 Å². The summed E-state index contributed by atoms with van der Waals surface area (Å²) in [5, 5.41) is 12.6. The van der Waals surface area contributed by atoms with Crippen LogP contribution in [0.3, 0.4) is 0 Å². The van der Waals surface area contributed by atoms with E-state index >= 15 is 0 Å². The highest BCUT2D eigenvalue weighted by Crippen LogP contribution is 2.45. The first-order chi connectivity index (χ1) is 20.8. The number of nitrogens with one attached hydrogen (secondary N) is 1. The molecule has 1 N–H and O–H groups in total. The van der Waals surface area contributed by atoms with Crippen molar-refractivity contribution in [3.63, 3.8) is 0 Å². The van der Waals surface area contributed by atoms with E-state index in [4.69, 9.17) is 45.0 Å². The summed E-state index contributed by atoms with van der Waals surface area (Å²) in [6.07, 6.45) is 0. The van der Waals surface area contributed by atoms with Gasteiger partial charge in [0.1, 0.15) is 11.4 Å². The third kappa shape index (κ3) is 6.81. The Kier molecular flexibility index (Phi) is 10.4. The van der Waals surface area contributed by atoms with Gasteiger partial charge < -0.3 is 33.7 Å². The lowest BCUT2D eigenvalue weighted by Gasteiger charge is -2.17. The summed E-state index contributed by atoms with van der Waals surface area (Å²) >= 11 is 7.33. The maximum absolute atomic E-state index is 12.8. The molecule has 1 heterocycles. The number of benzene rings is 3. The van der Waals surface area contributed by atoms with E-state index in [0.29, 0.717) is 67.7 Å². The van der Waals surface area contributed by atoms with E-state index in [0.717, 1.165) is 17.3 Å². The van der Waals surface area contributed by atoms with E-state index in [1.54, 1.807) is 42.5 Å². The van der Waals surface area contributed by atoms with Gasteiger partial charge in [-0.3, -0.25) is 4.79 Å². The Balaban J connectivity index is 1.79. The molecule has 0 radical (unpaired) electrons. The fourth-order valence-corrected chi connectivity index (χ4v) is 5.02. The van der Waals surface area contributed by atoms with Crippen LogP contribution in [0.15, 0.2) is 47.6 Å². The average molecular weight is 627 g/mol. The third-order valence-electron chi connectivity index (χ3n) is 6.42. The zero-order valence-corrected chi connectivity index (χ0v) is 26.3. The summed E-state index contributed by atoms with van der Waals surface area (Å²) in [4.78, 5) is 17.6. The van der Waals surface area contributed by atoms with Gasteiger partial charge in [-0.25, -0.2) is 4.98 Å². The minimum Gasteiger partial charge on any atom is -0.493 e. The van der Waals surface area contributed by atoms with Crippen molar-refractivity contribution in [2.75, 3.05) is 53.7 Å². The number of anilines is 1. The van der Waals surface area contributed by atoms with Gasteiger partial charge >= 0.3 is 0 Å². The molecule has 226 valence electrons. The quantitative estimate of drug-likeness (QED) is 0.188. The van der Waals surface area contributed by atoms with Gasteiger partial charge in [0.2, 0.25) is 22.6 Å². The zero-order chi connectivity index (χ0) is 31.1. The fraction of sp³-hybridized carbons (Fsp3) is 0.267. The molecule has 1 aromatic heterocycles. The molecule has 0 aliphatic carbocycles. The molecule has 0 aliphatic rings. The molecular formula is C30H31ClN4O7S. The molecule has 11 nitrogen and oxygen atoms in total. The lowest BCUT2D eigenvalue weighted by molar-refractivity contribution is -0.113. The summed E-state index contributed by atoms with van der Waals surface area (Å²) in [6, 6.07) is 12.4. The molecule has 0 unspecified atom stereocenters. The van der Waals surface area contributed by atoms with Crippen LogP contribution in [0.25, 0.3) is 22.5 Å². The molecule has 1 amide bonds. The number of rotatable bonds is 12. The number of carbonyl (C=O) groups excluding carboxylic acids is 1. The van der Waals surface area contributed by atoms with Crippen molar-refractivity contribution >= 4 is 35.0 Å². The maximum Gasteiger partial charge on any atom is 0.234 e. The molecule has 0 saturated heterocycles. The number of methoxy groups -OCH3 is 6. The number of hydrogen-bond acceptors (Lipinski definition) is 11. The highest BCUT2D eigenvalue weighted by Gasteiger charge is 2.23. The SMILES string of the molecule is COc1cc(-c2nnc(SCC(=O)Nc3cccc(Cl)c3C)nc2-c2cc(OC)c(OC)c(OC)c2)cc(OC)c1OC. The van der Waals surface area contributed by atoms with E-state index < -0.39 is 0 Å². The molecule has 4 rings (SSSR count). The monoisotopic (exact) mass is 626 g/mol. The predicted octanol–water partition coefficient (Wildman–Crippen LogP) is 5.95. The second-order valence-electron chi connectivity index (χ2n) is 8.87. The van der Waals surface area contributed by atoms with Crippen LogP contribution in [0, 0.1) is 6.92 Å². The Morgan fingerprint density at radius 1 is 0.767 bits per heavy atom. The van der Waals surface area contributed by atoms with E-state index in [1.165, 1.54) is 42.7 Å². The molecule has 0 bridgehead atoms. The lowest BCUT2D eigenvalue weighted by Crippen LogP contribution is -2.15. The largest absolute Gasteiger partial charge is 0.493 e. The van der Waals surface area contributed by atoms with Gasteiger partial charge in [0.25, 0.3) is 0 Å². The van der Waals surface area contributed by atoms with Crippen LogP contribution in [0.5, 0.6) is 34.5 Å². The molecule has 3 aromatic carbocycles. The van der Waals surface area contributed by atoms with Crippen LogP contribution < -0.4 is 33.7 Å². The first-order valence-corrected chi connectivity index (χ1v) is 14.2. The Labute approximate surface area is 258 Å². The minimum absolute atomic E-state index is 0.0336. The van der Waals surface area contributed by atoms with Crippen molar-refractivity contribution < 1.29 is 33.2 Å². The Morgan fingerprint density at radius 2 is 1.28 bits per heavy atom. The van der Waals surface area contributed by atoms with Crippen molar-refractivity contribution in [2.24, 2.45) is 0 Å². The van der Waals surface area contributed by atoms with Crippen LogP contribution in [-0.4, -0.2) is 69.5 Å². The standard InChI is InChI=1S/C30H31ClN4O7S/c1-16-19(31)9-8-10-20(16)32-25(36)15-43-30-33-26(17-11-21(37-2)28(41-6)22(12-17)38-3)27(34-35-30)18-13-23(39-4)29(42-7)24(14-18)40-5/h8-14H,15H2,1-7H3,(H,32,36). The normalized spacial score (nSPS) is 10.6.